The van der Waals surface area contributed by atoms with Crippen molar-refractivity contribution in [3.05, 3.63) is 41.1 Å². The summed E-state index contributed by atoms with van der Waals surface area (Å²) < 4.78 is 5.85. The van der Waals surface area contributed by atoms with E-state index in [0.717, 1.165) is 17.7 Å². The standard InChI is InChI=1S/C29H37ClN8O4/c1-5-38-21-11-10-19(25(42-4)17(21)8-9-20(28(38)41)33-22(39)14-37(2)3)34-29-32-13-18(30)27(36-29)35-24-16-7-6-15(12-16)23(24)26(31)40/h6-7,10-11,13,15-16,20,23-24H,5,8-9,12,14H2,1-4H3,(H2,31,40)(H,33,39)(H2,32,34,35,36)/t15-,16+,20-,23+,24-/m1/s1. The van der Waals surface area contributed by atoms with Gasteiger partial charge in [0.15, 0.2) is 5.82 Å². The van der Waals surface area contributed by atoms with Crippen molar-refractivity contribution in [2.24, 2.45) is 23.5 Å². The quantitative estimate of drug-likeness (QED) is 0.302. The first-order valence-corrected chi connectivity index (χ1v) is 14.5. The number of likely N-dealkylation sites (N-methyl/N-ethyl adjacent to an activating group) is 2. The van der Waals surface area contributed by atoms with Gasteiger partial charge in [0.2, 0.25) is 23.7 Å². The summed E-state index contributed by atoms with van der Waals surface area (Å²) in [4.78, 5) is 50.5. The lowest BCUT2D eigenvalue weighted by Crippen LogP contribution is -2.49. The third kappa shape index (κ3) is 5.73. The third-order valence-corrected chi connectivity index (χ3v) is 8.45. The van der Waals surface area contributed by atoms with E-state index in [2.05, 4.69) is 38.1 Å². The van der Waals surface area contributed by atoms with Gasteiger partial charge in [0.25, 0.3) is 0 Å². The van der Waals surface area contributed by atoms with Crippen LogP contribution in [0.4, 0.5) is 23.1 Å². The second kappa shape index (κ2) is 12.1. The Morgan fingerprint density at radius 3 is 2.69 bits per heavy atom. The smallest absolute Gasteiger partial charge is 0.249 e. The molecular formula is C29H37ClN8O4. The van der Waals surface area contributed by atoms with Crippen molar-refractivity contribution in [1.29, 1.82) is 0 Å². The highest BCUT2D eigenvalue weighted by atomic mass is 35.5. The van der Waals surface area contributed by atoms with E-state index in [1.807, 2.05) is 19.1 Å². The molecule has 5 rings (SSSR count). The molecule has 12 nitrogen and oxygen atoms in total. The Balaban J connectivity index is 1.39. The van der Waals surface area contributed by atoms with Crippen molar-refractivity contribution in [3.8, 4) is 5.75 Å². The average Bonchev–Trinajstić information content (AvgIpc) is 3.52. The van der Waals surface area contributed by atoms with Crippen LogP contribution in [-0.2, 0) is 20.8 Å². The van der Waals surface area contributed by atoms with Gasteiger partial charge in [-0.3, -0.25) is 14.4 Å². The molecule has 1 aliphatic heterocycles. The lowest BCUT2D eigenvalue weighted by atomic mass is 9.88. The summed E-state index contributed by atoms with van der Waals surface area (Å²) in [6, 6.07) is 2.82. The summed E-state index contributed by atoms with van der Waals surface area (Å²) in [7, 11) is 5.18. The largest absolute Gasteiger partial charge is 0.494 e. The van der Waals surface area contributed by atoms with Crippen LogP contribution in [0, 0.1) is 17.8 Å². The molecule has 2 heterocycles. The van der Waals surface area contributed by atoms with Gasteiger partial charge in [-0.25, -0.2) is 4.98 Å². The zero-order chi connectivity index (χ0) is 30.1. The summed E-state index contributed by atoms with van der Waals surface area (Å²) in [5.74, 6) is 0.464. The predicted octanol–water partition coefficient (Wildman–Crippen LogP) is 2.32. The molecule has 1 aromatic heterocycles. The Morgan fingerprint density at radius 2 is 2.00 bits per heavy atom. The van der Waals surface area contributed by atoms with Gasteiger partial charge in [0.05, 0.1) is 37.1 Å². The van der Waals surface area contributed by atoms with Crippen molar-refractivity contribution in [2.45, 2.75) is 38.3 Å². The molecule has 13 heteroatoms. The zero-order valence-corrected chi connectivity index (χ0v) is 24.9. The van der Waals surface area contributed by atoms with Gasteiger partial charge in [0.1, 0.15) is 16.8 Å². The fourth-order valence-electron chi connectivity index (χ4n) is 6.36. The van der Waals surface area contributed by atoms with Crippen LogP contribution in [-0.4, -0.2) is 79.0 Å². The Morgan fingerprint density at radius 1 is 1.24 bits per heavy atom. The molecule has 1 fully saturated rings. The number of anilines is 4. The van der Waals surface area contributed by atoms with Crippen LogP contribution in [0.15, 0.2) is 30.5 Å². The zero-order valence-electron chi connectivity index (χ0n) is 24.2. The Kier molecular flexibility index (Phi) is 8.55. The van der Waals surface area contributed by atoms with E-state index in [0.29, 0.717) is 41.7 Å². The Labute approximate surface area is 250 Å². The van der Waals surface area contributed by atoms with E-state index in [4.69, 9.17) is 22.1 Å². The van der Waals surface area contributed by atoms with Crippen molar-refractivity contribution in [2.75, 3.05) is 49.8 Å². The first kappa shape index (κ1) is 29.6. The molecule has 2 aliphatic carbocycles. The molecule has 5 N–H and O–H groups in total. The topological polar surface area (TPSA) is 155 Å². The van der Waals surface area contributed by atoms with Crippen LogP contribution in [0.5, 0.6) is 5.75 Å². The lowest BCUT2D eigenvalue weighted by Gasteiger charge is -2.27. The Hall–Kier alpha value is -3.90. The van der Waals surface area contributed by atoms with E-state index in [1.54, 1.807) is 31.0 Å². The SMILES string of the molecule is CCN1C(=O)[C@H](NC(=O)CN(C)C)CCc2c1ccc(Nc1ncc(Cl)c(N[C@H]3[C@@H](C(N)=O)[C@@H]4C=C[C@H]3C4)n1)c2OC. The number of benzene rings is 1. The molecule has 5 atom stereocenters. The molecule has 0 spiro atoms. The van der Waals surface area contributed by atoms with Crippen molar-refractivity contribution >= 4 is 52.5 Å². The number of nitrogens with two attached hydrogens (primary N) is 1. The molecule has 2 aromatic rings. The fourth-order valence-corrected chi connectivity index (χ4v) is 6.51. The number of allylic oxidation sites excluding steroid dienone is 1. The number of hydrogen-bond donors (Lipinski definition) is 4. The van der Waals surface area contributed by atoms with E-state index in [1.165, 1.54) is 6.20 Å². The molecular weight excluding hydrogens is 560 g/mol. The maximum Gasteiger partial charge on any atom is 0.249 e. The minimum absolute atomic E-state index is 0.113. The van der Waals surface area contributed by atoms with Crippen molar-refractivity contribution in [1.82, 2.24) is 20.2 Å². The number of carbonyl (C=O) groups is 3. The van der Waals surface area contributed by atoms with Crippen LogP contribution in [0.2, 0.25) is 5.02 Å². The third-order valence-electron chi connectivity index (χ3n) is 8.17. The van der Waals surface area contributed by atoms with Gasteiger partial charge in [-0.1, -0.05) is 23.8 Å². The molecule has 2 bridgehead atoms. The Bertz CT molecular complexity index is 1420. The monoisotopic (exact) mass is 596 g/mol. The molecule has 0 saturated heterocycles. The fraction of sp³-hybridized carbons (Fsp3) is 0.483. The number of nitrogens with one attached hydrogen (secondary N) is 3. The van der Waals surface area contributed by atoms with Crippen LogP contribution < -0.4 is 31.3 Å². The normalized spacial score (nSPS) is 24.4. The van der Waals surface area contributed by atoms with E-state index in [-0.39, 0.29) is 54.0 Å². The van der Waals surface area contributed by atoms with Gasteiger partial charge in [-0.15, -0.1) is 0 Å². The number of amides is 3. The highest BCUT2D eigenvalue weighted by Crippen LogP contribution is 2.45. The van der Waals surface area contributed by atoms with Crippen LogP contribution in [0.25, 0.3) is 0 Å². The van der Waals surface area contributed by atoms with Gasteiger partial charge >= 0.3 is 0 Å². The molecule has 1 saturated carbocycles. The van der Waals surface area contributed by atoms with Gasteiger partial charge in [-0.2, -0.15) is 4.98 Å². The highest BCUT2D eigenvalue weighted by Gasteiger charge is 2.47. The molecule has 0 radical (unpaired) electrons. The summed E-state index contributed by atoms with van der Waals surface area (Å²) >= 11 is 6.46. The molecule has 1 aromatic carbocycles. The number of ether oxygens (including phenoxy) is 1. The molecule has 224 valence electrons. The summed E-state index contributed by atoms with van der Waals surface area (Å²) in [5.41, 5.74) is 7.91. The first-order chi connectivity index (χ1) is 20.1. The maximum absolute atomic E-state index is 13.4. The summed E-state index contributed by atoms with van der Waals surface area (Å²) in [6.07, 6.45) is 7.46. The highest BCUT2D eigenvalue weighted by molar-refractivity contribution is 6.32. The van der Waals surface area contributed by atoms with Gasteiger partial charge in [0, 0.05) is 18.2 Å². The van der Waals surface area contributed by atoms with Crippen LogP contribution >= 0.6 is 11.6 Å². The second-order valence-electron chi connectivity index (χ2n) is 11.2. The lowest BCUT2D eigenvalue weighted by molar-refractivity contribution is -0.128. The second-order valence-corrected chi connectivity index (χ2v) is 11.6. The average molecular weight is 597 g/mol. The number of hydrogen-bond acceptors (Lipinski definition) is 9. The van der Waals surface area contributed by atoms with E-state index >= 15 is 0 Å². The minimum Gasteiger partial charge on any atom is -0.494 e. The van der Waals surface area contributed by atoms with E-state index < -0.39 is 6.04 Å². The number of methoxy groups -OCH3 is 1. The number of nitrogens with zero attached hydrogens (tertiary/aromatic N) is 4. The number of fused-ring (bicyclic) bond motifs is 3. The number of rotatable bonds is 10. The number of halogens is 1. The molecule has 3 amide bonds. The molecule has 3 aliphatic rings. The molecule has 0 unspecified atom stereocenters. The number of primary amides is 1. The van der Waals surface area contributed by atoms with E-state index in [9.17, 15) is 14.4 Å². The van der Waals surface area contributed by atoms with Gasteiger partial charge in [-0.05, 0) is 64.3 Å². The number of aromatic nitrogens is 2. The predicted molar refractivity (Wildman–Crippen MR) is 161 cm³/mol. The van der Waals surface area contributed by atoms with Crippen LogP contribution in [0.3, 0.4) is 0 Å². The van der Waals surface area contributed by atoms with Crippen molar-refractivity contribution < 1.29 is 19.1 Å². The first-order valence-electron chi connectivity index (χ1n) is 14.1. The number of carbonyl (C=O) groups excluding carboxylic acids is 3. The maximum atomic E-state index is 13.4. The molecule has 42 heavy (non-hydrogen) atoms. The minimum atomic E-state index is -0.649. The summed E-state index contributed by atoms with van der Waals surface area (Å²) in [5, 5.41) is 9.79. The van der Waals surface area contributed by atoms with Crippen molar-refractivity contribution in [3.63, 3.8) is 0 Å². The summed E-state index contributed by atoms with van der Waals surface area (Å²) in [6.45, 7) is 2.52. The van der Waals surface area contributed by atoms with Crippen LogP contribution in [0.1, 0.15) is 25.3 Å². The van der Waals surface area contributed by atoms with Gasteiger partial charge < -0.3 is 36.2 Å².